The standard InChI is InChI=1S/C15H20/c1-11-14-8-4-2-6-12(14)10-13-7-3-5-9-15(11)13/h2,4,8,12-13H,3,5-7,9-10H2,1H3/t12-,13?/m0/s1. The van der Waals surface area contributed by atoms with Gasteiger partial charge >= 0.3 is 0 Å². The summed E-state index contributed by atoms with van der Waals surface area (Å²) in [7, 11) is 0. The Labute approximate surface area is 92.8 Å². The minimum atomic E-state index is 0.849. The molecule has 3 aliphatic rings. The van der Waals surface area contributed by atoms with Crippen LogP contribution in [0.1, 0.15) is 45.4 Å². The molecule has 1 unspecified atom stereocenters. The maximum absolute atomic E-state index is 2.37. The zero-order valence-corrected chi connectivity index (χ0v) is 9.63. The molecule has 2 atom stereocenters. The van der Waals surface area contributed by atoms with E-state index >= 15 is 0 Å². The van der Waals surface area contributed by atoms with Crippen molar-refractivity contribution in [1.82, 2.24) is 0 Å². The summed E-state index contributed by atoms with van der Waals surface area (Å²) in [6, 6.07) is 0. The van der Waals surface area contributed by atoms with Crippen molar-refractivity contribution >= 4 is 0 Å². The van der Waals surface area contributed by atoms with Gasteiger partial charge in [0.1, 0.15) is 0 Å². The highest BCUT2D eigenvalue weighted by molar-refractivity contribution is 5.44. The quantitative estimate of drug-likeness (QED) is 0.543. The van der Waals surface area contributed by atoms with E-state index in [1.54, 1.807) is 16.7 Å². The number of allylic oxidation sites excluding steroid dienone is 6. The van der Waals surface area contributed by atoms with Gasteiger partial charge < -0.3 is 0 Å². The van der Waals surface area contributed by atoms with E-state index in [0.717, 1.165) is 11.8 Å². The van der Waals surface area contributed by atoms with Crippen molar-refractivity contribution in [3.05, 3.63) is 34.9 Å². The lowest BCUT2D eigenvalue weighted by Crippen LogP contribution is -2.24. The minimum absolute atomic E-state index is 0.849. The molecule has 80 valence electrons. The topological polar surface area (TPSA) is 0 Å². The fraction of sp³-hybridized carbons (Fsp3) is 0.600. The van der Waals surface area contributed by atoms with E-state index in [-0.39, 0.29) is 0 Å². The van der Waals surface area contributed by atoms with Gasteiger partial charge in [0.25, 0.3) is 0 Å². The van der Waals surface area contributed by atoms with E-state index in [9.17, 15) is 0 Å². The third kappa shape index (κ3) is 1.51. The van der Waals surface area contributed by atoms with Gasteiger partial charge in [0.2, 0.25) is 0 Å². The highest BCUT2D eigenvalue weighted by Gasteiger charge is 2.31. The molecule has 0 heteroatoms. The predicted octanol–water partition coefficient (Wildman–Crippen LogP) is 4.40. The average Bonchev–Trinajstić information content (AvgIpc) is 2.30. The molecule has 0 N–H and O–H groups in total. The van der Waals surface area contributed by atoms with Crippen LogP contribution in [-0.2, 0) is 0 Å². The maximum atomic E-state index is 2.37. The number of hydrogen-bond acceptors (Lipinski definition) is 0. The van der Waals surface area contributed by atoms with Crippen LogP contribution in [0.5, 0.6) is 0 Å². The molecule has 0 aromatic heterocycles. The van der Waals surface area contributed by atoms with Crippen LogP contribution >= 0.6 is 0 Å². The smallest absolute Gasteiger partial charge is 0.0119 e. The van der Waals surface area contributed by atoms with E-state index in [1.165, 1.54) is 38.5 Å². The molecule has 1 saturated carbocycles. The number of fused-ring (bicyclic) bond motifs is 2. The highest BCUT2D eigenvalue weighted by atomic mass is 14.4. The summed E-state index contributed by atoms with van der Waals surface area (Å²) >= 11 is 0. The zero-order chi connectivity index (χ0) is 10.3. The molecule has 0 amide bonds. The first-order chi connectivity index (χ1) is 7.36. The molecule has 0 aromatic rings. The van der Waals surface area contributed by atoms with E-state index < -0.39 is 0 Å². The van der Waals surface area contributed by atoms with Crippen LogP contribution in [0.2, 0.25) is 0 Å². The molecule has 1 fully saturated rings. The normalized spacial score (nSPS) is 34.6. The first-order valence-electron chi connectivity index (χ1n) is 6.43. The first kappa shape index (κ1) is 9.45. The van der Waals surface area contributed by atoms with Gasteiger partial charge in [-0.2, -0.15) is 0 Å². The monoisotopic (exact) mass is 200 g/mol. The van der Waals surface area contributed by atoms with Crippen LogP contribution in [0, 0.1) is 11.8 Å². The molecule has 15 heavy (non-hydrogen) atoms. The summed E-state index contributed by atoms with van der Waals surface area (Å²) in [6.07, 6.45) is 15.4. The van der Waals surface area contributed by atoms with Crippen LogP contribution < -0.4 is 0 Å². The van der Waals surface area contributed by atoms with Crippen molar-refractivity contribution in [3.8, 4) is 0 Å². The van der Waals surface area contributed by atoms with Gasteiger partial charge in [0, 0.05) is 0 Å². The fourth-order valence-electron chi connectivity index (χ4n) is 3.70. The molecule has 0 aliphatic heterocycles. The van der Waals surface area contributed by atoms with E-state index in [0.29, 0.717) is 0 Å². The SMILES string of the molecule is CC1=C2CCCCC2C[C@@H]2CC=CC=C12. The summed E-state index contributed by atoms with van der Waals surface area (Å²) in [4.78, 5) is 0. The molecule has 0 spiro atoms. The van der Waals surface area contributed by atoms with E-state index in [1.807, 2.05) is 0 Å². The van der Waals surface area contributed by atoms with E-state index in [2.05, 4.69) is 25.2 Å². The van der Waals surface area contributed by atoms with Crippen LogP contribution in [0.25, 0.3) is 0 Å². The Morgan fingerprint density at radius 1 is 1.20 bits per heavy atom. The molecular formula is C15H20. The van der Waals surface area contributed by atoms with Crippen LogP contribution in [-0.4, -0.2) is 0 Å². The Kier molecular flexibility index (Phi) is 2.31. The molecule has 3 aliphatic carbocycles. The lowest BCUT2D eigenvalue weighted by atomic mass is 9.67. The molecule has 0 radical (unpaired) electrons. The second-order valence-electron chi connectivity index (χ2n) is 5.31. The maximum Gasteiger partial charge on any atom is -0.0119 e. The molecular weight excluding hydrogens is 180 g/mol. The Hall–Kier alpha value is -0.780. The van der Waals surface area contributed by atoms with Crippen molar-refractivity contribution in [2.45, 2.75) is 45.4 Å². The van der Waals surface area contributed by atoms with Crippen molar-refractivity contribution < 1.29 is 0 Å². The third-order valence-corrected chi connectivity index (χ3v) is 4.50. The zero-order valence-electron chi connectivity index (χ0n) is 9.63. The van der Waals surface area contributed by atoms with Gasteiger partial charge in [-0.3, -0.25) is 0 Å². The van der Waals surface area contributed by atoms with Crippen molar-refractivity contribution in [3.63, 3.8) is 0 Å². The van der Waals surface area contributed by atoms with Gasteiger partial charge in [-0.25, -0.2) is 0 Å². The lowest BCUT2D eigenvalue weighted by Gasteiger charge is -2.38. The molecule has 0 bridgehead atoms. The van der Waals surface area contributed by atoms with Gasteiger partial charge in [-0.05, 0) is 62.0 Å². The minimum Gasteiger partial charge on any atom is -0.0839 e. The number of rotatable bonds is 0. The summed E-state index contributed by atoms with van der Waals surface area (Å²) in [5.41, 5.74) is 5.12. The predicted molar refractivity (Wildman–Crippen MR) is 64.6 cm³/mol. The molecule has 0 saturated heterocycles. The first-order valence-corrected chi connectivity index (χ1v) is 6.43. The van der Waals surface area contributed by atoms with Gasteiger partial charge in [0.15, 0.2) is 0 Å². The summed E-state index contributed by atoms with van der Waals surface area (Å²) in [5.74, 6) is 1.79. The van der Waals surface area contributed by atoms with Crippen molar-refractivity contribution in [1.29, 1.82) is 0 Å². The second-order valence-corrected chi connectivity index (χ2v) is 5.31. The van der Waals surface area contributed by atoms with Crippen molar-refractivity contribution in [2.24, 2.45) is 11.8 Å². The lowest BCUT2D eigenvalue weighted by molar-refractivity contribution is 0.356. The molecule has 0 nitrogen and oxygen atoms in total. The number of hydrogen-bond donors (Lipinski definition) is 0. The molecule has 0 aromatic carbocycles. The van der Waals surface area contributed by atoms with Crippen LogP contribution in [0.4, 0.5) is 0 Å². The van der Waals surface area contributed by atoms with Crippen molar-refractivity contribution in [2.75, 3.05) is 0 Å². The van der Waals surface area contributed by atoms with Crippen LogP contribution in [0.15, 0.2) is 34.9 Å². The Morgan fingerprint density at radius 2 is 2.13 bits per heavy atom. The summed E-state index contributed by atoms with van der Waals surface area (Å²) in [6.45, 7) is 2.37. The van der Waals surface area contributed by atoms with E-state index in [4.69, 9.17) is 0 Å². The third-order valence-electron chi connectivity index (χ3n) is 4.50. The summed E-state index contributed by atoms with van der Waals surface area (Å²) < 4.78 is 0. The Bertz CT molecular complexity index is 354. The molecule has 0 heterocycles. The Balaban J connectivity index is 2.01. The second kappa shape index (κ2) is 3.66. The largest absolute Gasteiger partial charge is 0.0839 e. The van der Waals surface area contributed by atoms with Gasteiger partial charge in [-0.1, -0.05) is 30.2 Å². The van der Waals surface area contributed by atoms with Crippen LogP contribution in [0.3, 0.4) is 0 Å². The average molecular weight is 200 g/mol. The Morgan fingerprint density at radius 3 is 3.07 bits per heavy atom. The highest BCUT2D eigenvalue weighted by Crippen LogP contribution is 2.46. The van der Waals surface area contributed by atoms with Gasteiger partial charge in [0.05, 0.1) is 0 Å². The molecule has 3 rings (SSSR count). The summed E-state index contributed by atoms with van der Waals surface area (Å²) in [5, 5.41) is 0. The van der Waals surface area contributed by atoms with Gasteiger partial charge in [-0.15, -0.1) is 0 Å². The fourth-order valence-corrected chi connectivity index (χ4v) is 3.70.